The van der Waals surface area contributed by atoms with E-state index in [-0.39, 0.29) is 38.6 Å². The van der Waals surface area contributed by atoms with Gasteiger partial charge in [0.15, 0.2) is 6.10 Å². The Labute approximate surface area is 499 Å². The van der Waals surface area contributed by atoms with E-state index in [1.54, 1.807) is 0 Å². The highest BCUT2D eigenvalue weighted by Gasteiger charge is 2.26. The fraction of sp³-hybridized carbons (Fsp3) is 0.718. The van der Waals surface area contributed by atoms with Gasteiger partial charge in [-0.05, 0) is 83.5 Å². The molecule has 10 heteroatoms. The van der Waals surface area contributed by atoms with Crippen molar-refractivity contribution in [2.45, 2.75) is 302 Å². The molecule has 0 rings (SSSR count). The molecule has 0 saturated carbocycles. The predicted molar refractivity (Wildman–Crippen MR) is 348 cm³/mol. The summed E-state index contributed by atoms with van der Waals surface area (Å²) in [7, 11) is -4.40. The molecule has 2 atom stereocenters. The van der Waals surface area contributed by atoms with Gasteiger partial charge in [-0.15, -0.1) is 0 Å². The largest absolute Gasteiger partial charge is 0.472 e. The summed E-state index contributed by atoms with van der Waals surface area (Å²) in [6, 6.07) is 0. The molecule has 0 aliphatic heterocycles. The number of carbonyl (C=O) groups is 2. The van der Waals surface area contributed by atoms with Gasteiger partial charge in [0.2, 0.25) is 0 Å². The Kier molecular flexibility index (Phi) is 63.1. The smallest absolute Gasteiger partial charge is 0.462 e. The highest BCUT2D eigenvalue weighted by Crippen LogP contribution is 2.43. The number of phosphoric acid groups is 1. The molecule has 0 fully saturated rings. The van der Waals surface area contributed by atoms with Gasteiger partial charge < -0.3 is 20.1 Å². The van der Waals surface area contributed by atoms with Crippen LogP contribution in [0.3, 0.4) is 0 Å². The molecular weight excluding hydrogens is 1030 g/mol. The molecule has 81 heavy (non-hydrogen) atoms. The van der Waals surface area contributed by atoms with E-state index >= 15 is 0 Å². The predicted octanol–water partition coefficient (Wildman–Crippen LogP) is 21.7. The van der Waals surface area contributed by atoms with E-state index in [4.69, 9.17) is 24.3 Å². The average molecular weight is 1150 g/mol. The van der Waals surface area contributed by atoms with E-state index in [1.165, 1.54) is 154 Å². The highest BCUT2D eigenvalue weighted by molar-refractivity contribution is 7.47. The van der Waals surface area contributed by atoms with Gasteiger partial charge in [-0.1, -0.05) is 309 Å². The molecule has 0 aromatic carbocycles. The standard InChI is InChI=1S/C71H124NO8P/c1-3-5-7-9-11-13-15-17-19-21-23-25-27-29-31-32-33-34-35-36-38-40-42-44-46-48-50-52-54-56-58-60-62-64-71(74)80-69(68-79-81(75,76)78-66-65-72)67-77-70(73)63-61-59-57-55-53-51-49-47-45-43-41-39-37-30-28-26-24-22-20-18-16-14-12-10-8-6-4-2/h5,7,11,13,17,19,23,25,29,31,33-34,36,38,42,44,48,50,69H,3-4,6,8-10,12,14-16,18,20-22,24,26-28,30,32,35,37,39-41,43,45-47,49,51-68,72H2,1-2H3,(H,75,76)/b7-5-,13-11-,19-17-,25-23-,31-29-,34-33-,38-36-,44-42-,50-48-. The molecular formula is C71H124NO8P. The first kappa shape index (κ1) is 77.7. The van der Waals surface area contributed by atoms with Crippen molar-refractivity contribution in [1.82, 2.24) is 0 Å². The van der Waals surface area contributed by atoms with Crippen LogP contribution in [0.4, 0.5) is 0 Å². The number of hydrogen-bond donors (Lipinski definition) is 2. The number of allylic oxidation sites excluding steroid dienone is 18. The van der Waals surface area contributed by atoms with Crippen molar-refractivity contribution in [2.75, 3.05) is 26.4 Å². The maximum absolute atomic E-state index is 12.7. The minimum atomic E-state index is -4.40. The molecule has 0 bridgehead atoms. The van der Waals surface area contributed by atoms with Crippen molar-refractivity contribution in [3.8, 4) is 0 Å². The number of rotatable bonds is 62. The monoisotopic (exact) mass is 1150 g/mol. The molecule has 2 unspecified atom stereocenters. The SMILES string of the molecule is CC/C=C\C/C=C\C/C=C\C/C=C\C/C=C\C/C=C\C/C=C\C/C=C\C/C=C\CCCCCCCC(=O)OC(COC(=O)CCCCCCCCCCCCCCCCCCCCCCCCCCCCC)COP(=O)(O)OCCN. The summed E-state index contributed by atoms with van der Waals surface area (Å²) >= 11 is 0. The molecule has 3 N–H and O–H groups in total. The van der Waals surface area contributed by atoms with Crippen molar-refractivity contribution in [1.29, 1.82) is 0 Å². The zero-order chi connectivity index (χ0) is 58.7. The Morgan fingerprint density at radius 2 is 0.679 bits per heavy atom. The minimum absolute atomic E-state index is 0.0458. The molecule has 0 spiro atoms. The van der Waals surface area contributed by atoms with Gasteiger partial charge in [0, 0.05) is 19.4 Å². The highest BCUT2D eigenvalue weighted by atomic mass is 31.2. The summed E-state index contributed by atoms with van der Waals surface area (Å²) < 4.78 is 33.1. The second-order valence-electron chi connectivity index (χ2n) is 22.0. The first-order valence-electron chi connectivity index (χ1n) is 33.4. The molecule has 0 amide bonds. The summed E-state index contributed by atoms with van der Waals surface area (Å²) in [5.41, 5.74) is 5.39. The minimum Gasteiger partial charge on any atom is -0.462 e. The van der Waals surface area contributed by atoms with Crippen LogP contribution >= 0.6 is 7.82 Å². The molecule has 466 valence electrons. The number of hydrogen-bond acceptors (Lipinski definition) is 8. The molecule has 0 radical (unpaired) electrons. The number of ether oxygens (including phenoxy) is 2. The van der Waals surface area contributed by atoms with Gasteiger partial charge in [0.1, 0.15) is 6.61 Å². The molecule has 0 aliphatic carbocycles. The lowest BCUT2D eigenvalue weighted by atomic mass is 10.0. The van der Waals surface area contributed by atoms with E-state index in [2.05, 4.69) is 123 Å². The van der Waals surface area contributed by atoms with E-state index in [0.29, 0.717) is 6.42 Å². The Bertz CT molecular complexity index is 1690. The summed E-state index contributed by atoms with van der Waals surface area (Å²) in [5, 5.41) is 0. The van der Waals surface area contributed by atoms with Gasteiger partial charge in [-0.2, -0.15) is 0 Å². The van der Waals surface area contributed by atoms with Crippen LogP contribution in [0.25, 0.3) is 0 Å². The quantitative estimate of drug-likeness (QED) is 0.0264. The second-order valence-corrected chi connectivity index (χ2v) is 23.4. The van der Waals surface area contributed by atoms with Gasteiger partial charge in [0.05, 0.1) is 13.2 Å². The van der Waals surface area contributed by atoms with Crippen LogP contribution in [0.2, 0.25) is 0 Å². The number of esters is 2. The Hall–Kier alpha value is -3.33. The van der Waals surface area contributed by atoms with Crippen molar-refractivity contribution < 1.29 is 37.6 Å². The van der Waals surface area contributed by atoms with E-state index < -0.39 is 26.5 Å². The van der Waals surface area contributed by atoms with Gasteiger partial charge in [-0.25, -0.2) is 4.57 Å². The molecule has 0 aromatic heterocycles. The number of phosphoric ester groups is 1. The van der Waals surface area contributed by atoms with Crippen LogP contribution in [0.1, 0.15) is 296 Å². The van der Waals surface area contributed by atoms with Gasteiger partial charge >= 0.3 is 19.8 Å². The molecule has 0 aliphatic rings. The molecule has 9 nitrogen and oxygen atoms in total. The first-order chi connectivity index (χ1) is 39.8. The lowest BCUT2D eigenvalue weighted by Gasteiger charge is -2.19. The third-order valence-electron chi connectivity index (χ3n) is 14.2. The zero-order valence-electron chi connectivity index (χ0n) is 52.2. The van der Waals surface area contributed by atoms with Crippen LogP contribution in [0.5, 0.6) is 0 Å². The summed E-state index contributed by atoms with van der Waals surface area (Å²) in [6.45, 7) is 3.64. The Balaban J connectivity index is 3.99. The molecule has 0 aromatic rings. The molecule has 0 heterocycles. The third-order valence-corrected chi connectivity index (χ3v) is 15.2. The van der Waals surface area contributed by atoms with Crippen molar-refractivity contribution in [3.63, 3.8) is 0 Å². The Morgan fingerprint density at radius 1 is 0.383 bits per heavy atom. The maximum atomic E-state index is 12.7. The normalized spacial score (nSPS) is 13.7. The maximum Gasteiger partial charge on any atom is 0.472 e. The van der Waals surface area contributed by atoms with Crippen LogP contribution in [-0.4, -0.2) is 49.3 Å². The number of carbonyl (C=O) groups excluding carboxylic acids is 2. The summed E-state index contributed by atoms with van der Waals surface area (Å²) in [6.07, 6.45) is 90.3. The number of nitrogens with two attached hydrogens (primary N) is 1. The van der Waals surface area contributed by atoms with E-state index in [0.717, 1.165) is 109 Å². The summed E-state index contributed by atoms with van der Waals surface area (Å²) in [4.78, 5) is 35.3. The third kappa shape index (κ3) is 65.7. The Morgan fingerprint density at radius 3 is 1.01 bits per heavy atom. The number of unbranched alkanes of at least 4 members (excludes halogenated alkanes) is 31. The van der Waals surface area contributed by atoms with Crippen LogP contribution in [-0.2, 0) is 32.7 Å². The van der Waals surface area contributed by atoms with Gasteiger partial charge in [0.25, 0.3) is 0 Å². The van der Waals surface area contributed by atoms with Crippen molar-refractivity contribution in [2.24, 2.45) is 5.73 Å². The first-order valence-corrected chi connectivity index (χ1v) is 34.9. The lowest BCUT2D eigenvalue weighted by molar-refractivity contribution is -0.161. The van der Waals surface area contributed by atoms with E-state index in [9.17, 15) is 19.0 Å². The van der Waals surface area contributed by atoms with E-state index in [1.807, 2.05) is 0 Å². The van der Waals surface area contributed by atoms with Crippen LogP contribution in [0.15, 0.2) is 109 Å². The van der Waals surface area contributed by atoms with Crippen LogP contribution < -0.4 is 5.73 Å². The fourth-order valence-corrected chi connectivity index (χ4v) is 10.0. The lowest BCUT2D eigenvalue weighted by Crippen LogP contribution is -2.29. The average Bonchev–Trinajstić information content (AvgIpc) is 3.46. The molecule has 0 saturated heterocycles. The second kappa shape index (κ2) is 65.8. The fourth-order valence-electron chi connectivity index (χ4n) is 9.28. The van der Waals surface area contributed by atoms with Gasteiger partial charge in [-0.3, -0.25) is 18.6 Å². The zero-order valence-corrected chi connectivity index (χ0v) is 53.1. The van der Waals surface area contributed by atoms with Crippen molar-refractivity contribution >= 4 is 19.8 Å². The summed E-state index contributed by atoms with van der Waals surface area (Å²) in [5.74, 6) is -0.845. The van der Waals surface area contributed by atoms with Crippen molar-refractivity contribution in [3.05, 3.63) is 109 Å². The topological polar surface area (TPSA) is 134 Å². The van der Waals surface area contributed by atoms with Crippen LogP contribution in [0, 0.1) is 0 Å².